The number of ether oxygens (including phenoxy) is 2. The molecule has 0 bridgehead atoms. The van der Waals surface area contributed by atoms with Crippen molar-refractivity contribution in [1.29, 1.82) is 0 Å². The van der Waals surface area contributed by atoms with Crippen LogP contribution in [0.15, 0.2) is 18.2 Å². The highest BCUT2D eigenvalue weighted by Gasteiger charge is 2.28. The number of hydrogen-bond donors (Lipinski definition) is 0. The molecule has 0 saturated heterocycles. The molecule has 20 heavy (non-hydrogen) atoms. The van der Waals surface area contributed by atoms with E-state index in [1.807, 2.05) is 0 Å². The van der Waals surface area contributed by atoms with Crippen molar-refractivity contribution in [2.24, 2.45) is 0 Å². The van der Waals surface area contributed by atoms with Crippen LogP contribution in [0.25, 0.3) is 0 Å². The van der Waals surface area contributed by atoms with Crippen molar-refractivity contribution in [3.05, 3.63) is 23.8 Å². The molecular weight excluding hydrogens is 275 g/mol. The van der Waals surface area contributed by atoms with Crippen LogP contribution in [0.3, 0.4) is 0 Å². The van der Waals surface area contributed by atoms with Gasteiger partial charge in [0.25, 0.3) is 5.91 Å². The maximum absolute atomic E-state index is 12.1. The number of benzene rings is 1. The van der Waals surface area contributed by atoms with Gasteiger partial charge >= 0.3 is 6.18 Å². The molecule has 0 aromatic heterocycles. The van der Waals surface area contributed by atoms with Gasteiger partial charge < -0.3 is 14.4 Å². The van der Waals surface area contributed by atoms with Gasteiger partial charge in [-0.1, -0.05) is 0 Å². The fraction of sp³-hybridized carbons (Fsp3) is 0.462. The number of carbonyl (C=O) groups is 1. The number of amides is 1. The Balaban J connectivity index is 2.81. The Morgan fingerprint density at radius 2 is 1.80 bits per heavy atom. The van der Waals surface area contributed by atoms with Gasteiger partial charge in [0.1, 0.15) is 0 Å². The monoisotopic (exact) mass is 291 g/mol. The molecule has 1 aromatic carbocycles. The zero-order chi connectivity index (χ0) is 15.3. The Morgan fingerprint density at radius 1 is 1.20 bits per heavy atom. The standard InChI is InChI=1S/C13H16F3NO3/c1-17(7-6-13(14,15)16)12(18)9-4-5-10(19-2)11(8-9)20-3/h4-5,8H,6-7H2,1-3H3. The van der Waals surface area contributed by atoms with Gasteiger partial charge in [0.15, 0.2) is 11.5 Å². The molecule has 0 fully saturated rings. The molecule has 7 heteroatoms. The fourth-order valence-electron chi connectivity index (χ4n) is 1.59. The highest BCUT2D eigenvalue weighted by molar-refractivity contribution is 5.94. The van der Waals surface area contributed by atoms with Crippen LogP contribution in [0.4, 0.5) is 13.2 Å². The van der Waals surface area contributed by atoms with E-state index < -0.39 is 25.0 Å². The van der Waals surface area contributed by atoms with Gasteiger partial charge in [0.05, 0.1) is 20.6 Å². The fourth-order valence-corrected chi connectivity index (χ4v) is 1.59. The van der Waals surface area contributed by atoms with E-state index in [1.165, 1.54) is 39.5 Å². The minimum atomic E-state index is -4.29. The van der Waals surface area contributed by atoms with Gasteiger partial charge in [-0.2, -0.15) is 13.2 Å². The summed E-state index contributed by atoms with van der Waals surface area (Å²) in [7, 11) is 4.19. The van der Waals surface area contributed by atoms with Crippen LogP contribution in [0, 0.1) is 0 Å². The summed E-state index contributed by atoms with van der Waals surface area (Å²) >= 11 is 0. The van der Waals surface area contributed by atoms with E-state index in [-0.39, 0.29) is 5.56 Å². The van der Waals surface area contributed by atoms with E-state index in [0.29, 0.717) is 11.5 Å². The summed E-state index contributed by atoms with van der Waals surface area (Å²) in [5, 5.41) is 0. The van der Waals surface area contributed by atoms with Crippen molar-refractivity contribution >= 4 is 5.91 Å². The third-order valence-electron chi connectivity index (χ3n) is 2.71. The molecule has 0 aliphatic carbocycles. The lowest BCUT2D eigenvalue weighted by Gasteiger charge is -2.19. The molecule has 0 aliphatic heterocycles. The van der Waals surface area contributed by atoms with Crippen LogP contribution < -0.4 is 9.47 Å². The van der Waals surface area contributed by atoms with Crippen molar-refractivity contribution in [1.82, 2.24) is 4.90 Å². The number of carbonyl (C=O) groups excluding carboxylic acids is 1. The van der Waals surface area contributed by atoms with Crippen LogP contribution in [0.5, 0.6) is 11.5 Å². The zero-order valence-electron chi connectivity index (χ0n) is 11.5. The Labute approximate surface area is 115 Å². The second-order valence-electron chi connectivity index (χ2n) is 4.16. The van der Waals surface area contributed by atoms with Gasteiger partial charge in [-0.3, -0.25) is 4.79 Å². The third-order valence-corrected chi connectivity index (χ3v) is 2.71. The predicted octanol–water partition coefficient (Wildman–Crippen LogP) is 2.73. The number of rotatable bonds is 5. The summed E-state index contributed by atoms with van der Waals surface area (Å²) in [5.74, 6) is 0.291. The van der Waals surface area contributed by atoms with Gasteiger partial charge in [0, 0.05) is 19.2 Å². The molecule has 0 aliphatic rings. The van der Waals surface area contributed by atoms with Gasteiger partial charge in [-0.25, -0.2) is 0 Å². The first-order chi connectivity index (χ1) is 9.28. The van der Waals surface area contributed by atoms with Crippen molar-refractivity contribution in [2.45, 2.75) is 12.6 Å². The van der Waals surface area contributed by atoms with Crippen molar-refractivity contribution in [3.63, 3.8) is 0 Å². The minimum Gasteiger partial charge on any atom is -0.493 e. The zero-order valence-corrected chi connectivity index (χ0v) is 11.5. The van der Waals surface area contributed by atoms with Crippen LogP contribution in [0.1, 0.15) is 16.8 Å². The van der Waals surface area contributed by atoms with E-state index in [0.717, 1.165) is 4.90 Å². The van der Waals surface area contributed by atoms with Crippen LogP contribution >= 0.6 is 0 Å². The molecule has 0 radical (unpaired) electrons. The minimum absolute atomic E-state index is 0.243. The quantitative estimate of drug-likeness (QED) is 0.837. The maximum atomic E-state index is 12.1. The number of hydrogen-bond acceptors (Lipinski definition) is 3. The molecule has 0 saturated carbocycles. The highest BCUT2D eigenvalue weighted by Crippen LogP contribution is 2.28. The maximum Gasteiger partial charge on any atom is 0.390 e. The topological polar surface area (TPSA) is 38.8 Å². The Morgan fingerprint density at radius 3 is 2.30 bits per heavy atom. The Kier molecular flexibility index (Phi) is 5.24. The molecular formula is C13H16F3NO3. The molecule has 0 atom stereocenters. The lowest BCUT2D eigenvalue weighted by atomic mass is 10.1. The average Bonchev–Trinajstić information content (AvgIpc) is 2.42. The molecule has 0 N–H and O–H groups in total. The van der Waals surface area contributed by atoms with Crippen LogP contribution in [-0.2, 0) is 0 Å². The van der Waals surface area contributed by atoms with Gasteiger partial charge in [-0.05, 0) is 18.2 Å². The number of alkyl halides is 3. The van der Waals surface area contributed by atoms with Crippen molar-refractivity contribution in [2.75, 3.05) is 27.8 Å². The molecule has 1 aromatic rings. The summed E-state index contributed by atoms with van der Waals surface area (Å²) in [5.41, 5.74) is 0.243. The van der Waals surface area contributed by atoms with E-state index >= 15 is 0 Å². The molecule has 1 amide bonds. The van der Waals surface area contributed by atoms with E-state index in [4.69, 9.17) is 9.47 Å². The third kappa shape index (κ3) is 4.32. The normalized spacial score (nSPS) is 11.1. The molecule has 0 heterocycles. The summed E-state index contributed by atoms with van der Waals surface area (Å²) in [6.07, 6.45) is -5.32. The predicted molar refractivity (Wildman–Crippen MR) is 67.2 cm³/mol. The lowest BCUT2D eigenvalue weighted by Crippen LogP contribution is -2.30. The van der Waals surface area contributed by atoms with E-state index in [1.54, 1.807) is 0 Å². The molecule has 4 nitrogen and oxygen atoms in total. The molecule has 112 valence electrons. The van der Waals surface area contributed by atoms with E-state index in [9.17, 15) is 18.0 Å². The first kappa shape index (κ1) is 16.1. The number of methoxy groups -OCH3 is 2. The smallest absolute Gasteiger partial charge is 0.390 e. The molecule has 1 rings (SSSR count). The first-order valence-corrected chi connectivity index (χ1v) is 5.82. The van der Waals surface area contributed by atoms with Gasteiger partial charge in [-0.15, -0.1) is 0 Å². The first-order valence-electron chi connectivity index (χ1n) is 5.82. The highest BCUT2D eigenvalue weighted by atomic mass is 19.4. The van der Waals surface area contributed by atoms with Crippen LogP contribution in [0.2, 0.25) is 0 Å². The largest absolute Gasteiger partial charge is 0.493 e. The Hall–Kier alpha value is -1.92. The average molecular weight is 291 g/mol. The Bertz CT molecular complexity index is 474. The lowest BCUT2D eigenvalue weighted by molar-refractivity contribution is -0.136. The van der Waals surface area contributed by atoms with Crippen molar-refractivity contribution < 1.29 is 27.4 Å². The van der Waals surface area contributed by atoms with Crippen molar-refractivity contribution in [3.8, 4) is 11.5 Å². The molecule has 0 spiro atoms. The summed E-state index contributed by atoms with van der Waals surface area (Å²) in [6, 6.07) is 4.45. The second kappa shape index (κ2) is 6.49. The van der Waals surface area contributed by atoms with E-state index in [2.05, 4.69) is 0 Å². The molecule has 0 unspecified atom stereocenters. The number of nitrogens with zero attached hydrogens (tertiary/aromatic N) is 1. The SMILES string of the molecule is COc1ccc(C(=O)N(C)CCC(F)(F)F)cc1OC. The number of halogens is 3. The summed E-state index contributed by atoms with van der Waals surface area (Å²) in [4.78, 5) is 13.0. The summed E-state index contributed by atoms with van der Waals surface area (Å²) in [6.45, 7) is -0.392. The summed E-state index contributed by atoms with van der Waals surface area (Å²) < 4.78 is 46.4. The van der Waals surface area contributed by atoms with Crippen LogP contribution in [-0.4, -0.2) is 44.8 Å². The van der Waals surface area contributed by atoms with Gasteiger partial charge in [0.2, 0.25) is 0 Å². The second-order valence-corrected chi connectivity index (χ2v) is 4.16.